The van der Waals surface area contributed by atoms with E-state index >= 15 is 0 Å². The molecule has 0 aliphatic heterocycles. The monoisotopic (exact) mass is 485 g/mol. The van der Waals surface area contributed by atoms with Gasteiger partial charge in [0.05, 0.1) is 49.0 Å². The number of fused-ring (bicyclic) bond motifs is 2. The van der Waals surface area contributed by atoms with Crippen LogP contribution in [0, 0.1) is 16.0 Å². The topological polar surface area (TPSA) is 148 Å². The van der Waals surface area contributed by atoms with E-state index in [1.165, 1.54) is 26.0 Å². The number of esters is 2. The molecule has 11 heteroatoms. The standard InChI is InChI=1S/C24H23NO10/c1-5-34-23(28)15(24(29)35-6-2)11-14-18(25(30)31)22(33-4)17-16(21(14)32-3)19(26)12-9-7-8-10-13(12)20(17)27/h7-10,15H,5-6,11H2,1-4H3. The third-order valence-corrected chi connectivity index (χ3v) is 5.49. The quantitative estimate of drug-likeness (QED) is 0.192. The summed E-state index contributed by atoms with van der Waals surface area (Å²) in [4.78, 5) is 63.3. The van der Waals surface area contributed by atoms with Crippen LogP contribution in [0.2, 0.25) is 0 Å². The van der Waals surface area contributed by atoms with Gasteiger partial charge in [0.2, 0.25) is 5.75 Å². The fourth-order valence-corrected chi connectivity index (χ4v) is 4.08. The van der Waals surface area contributed by atoms with Gasteiger partial charge in [0.15, 0.2) is 17.5 Å². The Kier molecular flexibility index (Phi) is 7.48. The average molecular weight is 485 g/mol. The van der Waals surface area contributed by atoms with E-state index in [4.69, 9.17) is 18.9 Å². The number of ether oxygens (including phenoxy) is 4. The molecule has 0 bridgehead atoms. The Morgan fingerprint density at radius 3 is 1.74 bits per heavy atom. The molecule has 0 saturated heterocycles. The van der Waals surface area contributed by atoms with Gasteiger partial charge < -0.3 is 18.9 Å². The first-order valence-corrected chi connectivity index (χ1v) is 10.7. The van der Waals surface area contributed by atoms with Crippen LogP contribution in [0.3, 0.4) is 0 Å². The molecule has 1 aliphatic carbocycles. The molecule has 0 atom stereocenters. The lowest BCUT2D eigenvalue weighted by molar-refractivity contribution is -0.386. The highest BCUT2D eigenvalue weighted by Gasteiger charge is 2.44. The molecule has 1 aliphatic rings. The largest absolute Gasteiger partial charge is 0.495 e. The SMILES string of the molecule is CCOC(=O)C(Cc1c(OC)c2c(c(OC)c1[N+](=O)[O-])C(=O)c1ccccc1C2=O)C(=O)OCC. The van der Waals surface area contributed by atoms with E-state index in [-0.39, 0.29) is 46.8 Å². The number of nitrogens with zero attached hydrogens (tertiary/aromatic N) is 1. The second-order valence-corrected chi connectivity index (χ2v) is 7.37. The number of carbonyl (C=O) groups excluding carboxylic acids is 4. The Labute approximate surface area is 200 Å². The van der Waals surface area contributed by atoms with E-state index in [1.807, 2.05) is 0 Å². The van der Waals surface area contributed by atoms with Gasteiger partial charge in [0, 0.05) is 17.5 Å². The molecular formula is C24H23NO10. The van der Waals surface area contributed by atoms with Gasteiger partial charge in [-0.05, 0) is 13.8 Å². The highest BCUT2D eigenvalue weighted by atomic mass is 16.6. The van der Waals surface area contributed by atoms with Gasteiger partial charge >= 0.3 is 17.6 Å². The minimum absolute atomic E-state index is 0.0503. The summed E-state index contributed by atoms with van der Waals surface area (Å²) in [6.45, 7) is 2.97. The number of carbonyl (C=O) groups is 4. The molecule has 35 heavy (non-hydrogen) atoms. The van der Waals surface area contributed by atoms with Crippen LogP contribution in [0.4, 0.5) is 5.69 Å². The number of hydrogen-bond acceptors (Lipinski definition) is 10. The summed E-state index contributed by atoms with van der Waals surface area (Å²) in [5.74, 6) is -5.58. The molecule has 0 heterocycles. The van der Waals surface area contributed by atoms with Crippen LogP contribution >= 0.6 is 0 Å². The molecule has 11 nitrogen and oxygen atoms in total. The number of nitro groups is 1. The van der Waals surface area contributed by atoms with Crippen LogP contribution in [0.15, 0.2) is 24.3 Å². The van der Waals surface area contributed by atoms with Crippen LogP contribution in [0.1, 0.15) is 51.3 Å². The minimum atomic E-state index is -1.59. The third-order valence-electron chi connectivity index (χ3n) is 5.49. The molecule has 0 fully saturated rings. The fraction of sp³-hybridized carbons (Fsp3) is 0.333. The van der Waals surface area contributed by atoms with Crippen molar-refractivity contribution in [3.8, 4) is 11.5 Å². The molecule has 3 rings (SSSR count). The molecule has 0 N–H and O–H groups in total. The van der Waals surface area contributed by atoms with Gasteiger partial charge in [-0.25, -0.2) is 0 Å². The lowest BCUT2D eigenvalue weighted by Crippen LogP contribution is -2.31. The van der Waals surface area contributed by atoms with Crippen molar-refractivity contribution in [2.24, 2.45) is 5.92 Å². The van der Waals surface area contributed by atoms with Crippen LogP contribution in [-0.2, 0) is 25.5 Å². The zero-order chi connectivity index (χ0) is 25.9. The summed E-state index contributed by atoms with van der Waals surface area (Å²) in [5, 5.41) is 12.2. The van der Waals surface area contributed by atoms with Gasteiger partial charge in [-0.2, -0.15) is 0 Å². The van der Waals surface area contributed by atoms with Crippen LogP contribution in [-0.4, -0.2) is 55.9 Å². The second-order valence-electron chi connectivity index (χ2n) is 7.37. The predicted molar refractivity (Wildman–Crippen MR) is 120 cm³/mol. The van der Waals surface area contributed by atoms with E-state index < -0.39 is 52.2 Å². The van der Waals surface area contributed by atoms with E-state index in [2.05, 4.69) is 0 Å². The Balaban J connectivity index is 2.36. The third kappa shape index (κ3) is 4.32. The molecule has 184 valence electrons. The maximum atomic E-state index is 13.5. The molecule has 0 aromatic heterocycles. The Hall–Kier alpha value is -4.28. The summed E-state index contributed by atoms with van der Waals surface area (Å²) >= 11 is 0. The number of methoxy groups -OCH3 is 2. The van der Waals surface area contributed by atoms with Gasteiger partial charge in [0.1, 0.15) is 5.75 Å². The highest BCUT2D eigenvalue weighted by molar-refractivity contribution is 6.31. The number of benzene rings is 2. The Morgan fingerprint density at radius 1 is 0.886 bits per heavy atom. The molecule has 0 unspecified atom stereocenters. The van der Waals surface area contributed by atoms with Crippen LogP contribution < -0.4 is 9.47 Å². The van der Waals surface area contributed by atoms with Crippen molar-refractivity contribution in [3.05, 3.63) is 62.2 Å². The van der Waals surface area contributed by atoms with Crippen molar-refractivity contribution < 1.29 is 43.0 Å². The first-order chi connectivity index (χ1) is 16.7. The Morgan fingerprint density at radius 2 is 1.34 bits per heavy atom. The van der Waals surface area contributed by atoms with Crippen molar-refractivity contribution in [1.29, 1.82) is 0 Å². The molecule has 0 saturated carbocycles. The Bertz CT molecular complexity index is 1220. The van der Waals surface area contributed by atoms with Gasteiger partial charge in [-0.1, -0.05) is 24.3 Å². The van der Waals surface area contributed by atoms with E-state index in [0.29, 0.717) is 0 Å². The van der Waals surface area contributed by atoms with Crippen molar-refractivity contribution in [1.82, 2.24) is 0 Å². The van der Waals surface area contributed by atoms with E-state index in [0.717, 1.165) is 14.2 Å². The normalized spacial score (nSPS) is 12.0. The molecular weight excluding hydrogens is 462 g/mol. The zero-order valence-electron chi connectivity index (χ0n) is 19.5. The number of rotatable bonds is 9. The smallest absolute Gasteiger partial charge is 0.320 e. The van der Waals surface area contributed by atoms with Crippen LogP contribution in [0.25, 0.3) is 0 Å². The summed E-state index contributed by atoms with van der Waals surface area (Å²) < 4.78 is 20.6. The summed E-state index contributed by atoms with van der Waals surface area (Å²) in [7, 11) is 2.28. The van der Waals surface area contributed by atoms with Gasteiger partial charge in [0.25, 0.3) is 0 Å². The highest BCUT2D eigenvalue weighted by Crippen LogP contribution is 2.48. The first-order valence-electron chi connectivity index (χ1n) is 10.7. The number of nitro benzene ring substituents is 1. The first kappa shape index (κ1) is 25.3. The summed E-state index contributed by atoms with van der Waals surface area (Å²) in [6, 6.07) is 6.01. The summed E-state index contributed by atoms with van der Waals surface area (Å²) in [6.07, 6.45) is -0.593. The average Bonchev–Trinajstić information content (AvgIpc) is 2.84. The molecule has 0 radical (unpaired) electrons. The second kappa shape index (κ2) is 10.3. The minimum Gasteiger partial charge on any atom is -0.495 e. The predicted octanol–water partition coefficient (Wildman–Crippen LogP) is 2.67. The van der Waals surface area contributed by atoms with Crippen molar-refractivity contribution >= 4 is 29.2 Å². The lowest BCUT2D eigenvalue weighted by Gasteiger charge is -2.24. The van der Waals surface area contributed by atoms with E-state index in [9.17, 15) is 29.3 Å². The van der Waals surface area contributed by atoms with Crippen molar-refractivity contribution in [2.75, 3.05) is 27.4 Å². The van der Waals surface area contributed by atoms with Gasteiger partial charge in [-0.15, -0.1) is 0 Å². The number of ketones is 2. The lowest BCUT2D eigenvalue weighted by atomic mass is 9.80. The molecule has 2 aromatic rings. The van der Waals surface area contributed by atoms with Gasteiger partial charge in [-0.3, -0.25) is 29.3 Å². The number of hydrogen-bond donors (Lipinski definition) is 0. The van der Waals surface area contributed by atoms with Crippen LogP contribution in [0.5, 0.6) is 11.5 Å². The van der Waals surface area contributed by atoms with E-state index in [1.54, 1.807) is 12.1 Å². The zero-order valence-corrected chi connectivity index (χ0v) is 19.5. The molecule has 0 spiro atoms. The maximum Gasteiger partial charge on any atom is 0.320 e. The van der Waals surface area contributed by atoms with Crippen molar-refractivity contribution in [2.45, 2.75) is 20.3 Å². The maximum absolute atomic E-state index is 13.5. The molecule has 2 aromatic carbocycles. The van der Waals surface area contributed by atoms with Crippen molar-refractivity contribution in [3.63, 3.8) is 0 Å². The summed E-state index contributed by atoms with van der Waals surface area (Å²) in [5.41, 5.74) is -1.42. The fourth-order valence-electron chi connectivity index (χ4n) is 4.08. The molecule has 0 amide bonds.